The Hall–Kier alpha value is -4.09. The molecule has 0 spiro atoms. The highest BCUT2D eigenvalue weighted by Crippen LogP contribution is 2.30. The molecule has 146 valence electrons. The van der Waals surface area contributed by atoms with Crippen LogP contribution in [0.15, 0.2) is 24.5 Å². The van der Waals surface area contributed by atoms with E-state index in [1.807, 2.05) is 0 Å². The monoisotopic (exact) mass is 386 g/mol. The van der Waals surface area contributed by atoms with E-state index in [1.54, 1.807) is 18.2 Å². The molecule has 28 heavy (non-hydrogen) atoms. The number of fused-ring (bicyclic) bond motifs is 1. The number of carbonyl (C=O) groups excluding carboxylic acids is 2. The van der Waals surface area contributed by atoms with E-state index in [0.29, 0.717) is 17.2 Å². The zero-order chi connectivity index (χ0) is 20.3. The molecule has 1 aromatic carbocycles. The molecule has 0 aliphatic carbocycles. The van der Waals surface area contributed by atoms with Gasteiger partial charge in [-0.2, -0.15) is 4.98 Å². The maximum absolute atomic E-state index is 12.1. The summed E-state index contributed by atoms with van der Waals surface area (Å²) in [5, 5.41) is 13.5. The second-order valence-corrected chi connectivity index (χ2v) is 5.59. The molecular formula is C16H18N8O4. The van der Waals surface area contributed by atoms with Gasteiger partial charge in [-0.1, -0.05) is 0 Å². The van der Waals surface area contributed by atoms with Gasteiger partial charge in [0.05, 0.1) is 20.8 Å². The molecule has 0 saturated heterocycles. The number of nitrogens with two attached hydrogens (primary N) is 2. The molecule has 2 amide bonds. The Morgan fingerprint density at radius 1 is 1.14 bits per heavy atom. The Kier molecular flexibility index (Phi) is 5.11. The first kappa shape index (κ1) is 18.7. The third kappa shape index (κ3) is 3.70. The van der Waals surface area contributed by atoms with E-state index in [4.69, 9.17) is 20.9 Å². The Morgan fingerprint density at radius 3 is 2.39 bits per heavy atom. The van der Waals surface area contributed by atoms with Gasteiger partial charge in [0.2, 0.25) is 11.9 Å². The van der Waals surface area contributed by atoms with Crippen LogP contribution in [0.25, 0.3) is 5.65 Å². The number of nitrogens with zero attached hydrogens (tertiary/aromatic N) is 4. The van der Waals surface area contributed by atoms with Crippen molar-refractivity contribution >= 4 is 34.9 Å². The number of carbonyl (C=O) groups is 2. The number of hydrogen-bond acceptors (Lipinski definition) is 9. The van der Waals surface area contributed by atoms with Gasteiger partial charge in [0.1, 0.15) is 23.4 Å². The van der Waals surface area contributed by atoms with Gasteiger partial charge in [-0.25, -0.2) is 0 Å². The van der Waals surface area contributed by atoms with E-state index in [-0.39, 0.29) is 29.5 Å². The van der Waals surface area contributed by atoms with Gasteiger partial charge in [-0.3, -0.25) is 14.0 Å². The van der Waals surface area contributed by atoms with Crippen molar-refractivity contribution in [1.82, 2.24) is 19.6 Å². The lowest BCUT2D eigenvalue weighted by atomic mass is 10.2. The van der Waals surface area contributed by atoms with Crippen LogP contribution in [0, 0.1) is 0 Å². The van der Waals surface area contributed by atoms with E-state index < -0.39 is 11.8 Å². The molecule has 0 atom stereocenters. The second-order valence-electron chi connectivity index (χ2n) is 5.59. The summed E-state index contributed by atoms with van der Waals surface area (Å²) in [7, 11) is 3.03. The number of primary amides is 2. The molecule has 2 heterocycles. The van der Waals surface area contributed by atoms with Crippen LogP contribution >= 0.6 is 0 Å². The zero-order valence-electron chi connectivity index (χ0n) is 15.1. The molecule has 12 heteroatoms. The lowest BCUT2D eigenvalue weighted by Crippen LogP contribution is -2.24. The molecular weight excluding hydrogens is 368 g/mol. The van der Waals surface area contributed by atoms with Gasteiger partial charge >= 0.3 is 0 Å². The molecule has 0 radical (unpaired) electrons. The first-order chi connectivity index (χ1) is 13.4. The zero-order valence-corrected chi connectivity index (χ0v) is 15.1. The lowest BCUT2D eigenvalue weighted by molar-refractivity contribution is -0.116. The minimum absolute atomic E-state index is 0.0175. The molecule has 0 aliphatic rings. The topological polar surface area (TPSA) is 172 Å². The standard InChI is InChI=1S/C16H18N8O4/c1-27-9-3-8(4-10(5-9)28-2)21-14-12(13(18)26)15-23-20-7-24(15)16(22-14)19-6-11(17)25/h3-5,7,21H,6H2,1-2H3,(H2,17,25)(H2,18,26)(H,19,22). The minimum atomic E-state index is -0.760. The van der Waals surface area contributed by atoms with Crippen LogP contribution in [0.3, 0.4) is 0 Å². The van der Waals surface area contributed by atoms with Crippen molar-refractivity contribution in [3.05, 3.63) is 30.1 Å². The number of hydrogen-bond donors (Lipinski definition) is 4. The third-order valence-corrected chi connectivity index (χ3v) is 3.74. The average Bonchev–Trinajstić information content (AvgIpc) is 3.14. The lowest BCUT2D eigenvalue weighted by Gasteiger charge is -2.15. The van der Waals surface area contributed by atoms with Crippen LogP contribution in [0.5, 0.6) is 11.5 Å². The van der Waals surface area contributed by atoms with Crippen molar-refractivity contribution in [2.24, 2.45) is 11.5 Å². The highest BCUT2D eigenvalue weighted by molar-refractivity contribution is 6.04. The van der Waals surface area contributed by atoms with Gasteiger partial charge < -0.3 is 31.6 Å². The minimum Gasteiger partial charge on any atom is -0.497 e. The molecule has 0 saturated carbocycles. The van der Waals surface area contributed by atoms with E-state index >= 15 is 0 Å². The molecule has 0 aliphatic heterocycles. The van der Waals surface area contributed by atoms with Crippen molar-refractivity contribution in [2.75, 3.05) is 31.4 Å². The number of ether oxygens (including phenoxy) is 2. The van der Waals surface area contributed by atoms with E-state index in [1.165, 1.54) is 24.9 Å². The smallest absolute Gasteiger partial charge is 0.256 e. The fraction of sp³-hybridized carbons (Fsp3) is 0.188. The normalized spacial score (nSPS) is 10.5. The van der Waals surface area contributed by atoms with Crippen LogP contribution in [-0.4, -0.2) is 52.2 Å². The third-order valence-electron chi connectivity index (χ3n) is 3.74. The van der Waals surface area contributed by atoms with Crippen molar-refractivity contribution in [3.8, 4) is 11.5 Å². The Bertz CT molecular complexity index is 1030. The van der Waals surface area contributed by atoms with Gasteiger partial charge in [0, 0.05) is 23.9 Å². The number of nitrogens with one attached hydrogen (secondary N) is 2. The summed E-state index contributed by atoms with van der Waals surface area (Å²) in [5.41, 5.74) is 11.4. The summed E-state index contributed by atoms with van der Waals surface area (Å²) in [6.45, 7) is -0.178. The van der Waals surface area contributed by atoms with Crippen molar-refractivity contribution in [2.45, 2.75) is 0 Å². The van der Waals surface area contributed by atoms with E-state index in [9.17, 15) is 9.59 Å². The molecule has 0 bridgehead atoms. The Morgan fingerprint density at radius 2 is 1.82 bits per heavy atom. The first-order valence-corrected chi connectivity index (χ1v) is 7.98. The SMILES string of the molecule is COc1cc(Nc2nc(NCC(N)=O)n3cnnc3c2C(N)=O)cc(OC)c1. The molecule has 12 nitrogen and oxygen atoms in total. The number of anilines is 3. The molecule has 3 aromatic rings. The van der Waals surface area contributed by atoms with Gasteiger partial charge in [0.15, 0.2) is 11.5 Å². The van der Waals surface area contributed by atoms with Crippen LogP contribution in [0.4, 0.5) is 17.5 Å². The highest BCUT2D eigenvalue weighted by Gasteiger charge is 2.21. The quantitative estimate of drug-likeness (QED) is 0.412. The number of amides is 2. The first-order valence-electron chi connectivity index (χ1n) is 7.98. The molecule has 0 unspecified atom stereocenters. The number of aromatic nitrogens is 4. The van der Waals surface area contributed by atoms with Crippen molar-refractivity contribution in [3.63, 3.8) is 0 Å². The predicted molar refractivity (Wildman–Crippen MR) is 99.8 cm³/mol. The molecule has 2 aromatic heterocycles. The second kappa shape index (κ2) is 7.65. The van der Waals surface area contributed by atoms with Gasteiger partial charge in [-0.05, 0) is 0 Å². The largest absolute Gasteiger partial charge is 0.497 e. The van der Waals surface area contributed by atoms with Crippen molar-refractivity contribution < 1.29 is 19.1 Å². The maximum Gasteiger partial charge on any atom is 0.256 e. The van der Waals surface area contributed by atoms with Crippen LogP contribution in [-0.2, 0) is 4.79 Å². The fourth-order valence-electron chi connectivity index (χ4n) is 2.51. The summed E-state index contributed by atoms with van der Waals surface area (Å²) < 4.78 is 11.9. The molecule has 6 N–H and O–H groups in total. The Balaban J connectivity index is 2.12. The number of rotatable bonds is 8. The summed E-state index contributed by atoms with van der Waals surface area (Å²) in [6.07, 6.45) is 1.33. The molecule has 3 rings (SSSR count). The predicted octanol–water partition coefficient (Wildman–Crippen LogP) is -0.119. The van der Waals surface area contributed by atoms with E-state index in [0.717, 1.165) is 0 Å². The summed E-state index contributed by atoms with van der Waals surface area (Å²) >= 11 is 0. The van der Waals surface area contributed by atoms with Crippen LogP contribution < -0.4 is 31.6 Å². The fourth-order valence-corrected chi connectivity index (χ4v) is 2.51. The molecule has 0 fully saturated rings. The van der Waals surface area contributed by atoms with Crippen LogP contribution in [0.2, 0.25) is 0 Å². The summed E-state index contributed by atoms with van der Waals surface area (Å²) in [5.74, 6) is 0.00556. The van der Waals surface area contributed by atoms with Crippen LogP contribution in [0.1, 0.15) is 10.4 Å². The maximum atomic E-state index is 12.1. The van der Waals surface area contributed by atoms with E-state index in [2.05, 4.69) is 25.8 Å². The summed E-state index contributed by atoms with van der Waals surface area (Å²) in [4.78, 5) is 27.5. The summed E-state index contributed by atoms with van der Waals surface area (Å²) in [6, 6.07) is 5.05. The van der Waals surface area contributed by atoms with Crippen molar-refractivity contribution in [1.29, 1.82) is 0 Å². The van der Waals surface area contributed by atoms with Gasteiger partial charge in [-0.15, -0.1) is 10.2 Å². The van der Waals surface area contributed by atoms with Gasteiger partial charge in [0.25, 0.3) is 5.91 Å². The average molecular weight is 386 g/mol. The Labute approximate surface area is 158 Å². The highest BCUT2D eigenvalue weighted by atomic mass is 16.5. The number of methoxy groups -OCH3 is 2. The number of benzene rings is 1.